The van der Waals surface area contributed by atoms with Crippen molar-refractivity contribution in [1.82, 2.24) is 5.32 Å². The van der Waals surface area contributed by atoms with Crippen molar-refractivity contribution in [3.63, 3.8) is 0 Å². The van der Waals surface area contributed by atoms with Crippen molar-refractivity contribution in [1.29, 1.82) is 0 Å². The summed E-state index contributed by atoms with van der Waals surface area (Å²) in [5.74, 6) is -2.26. The molecule has 0 unspecified atom stereocenters. The van der Waals surface area contributed by atoms with Crippen LogP contribution in [0.2, 0.25) is 0 Å². The predicted octanol–water partition coefficient (Wildman–Crippen LogP) is 0.797. The van der Waals surface area contributed by atoms with Gasteiger partial charge in [0.1, 0.15) is 0 Å². The molecule has 1 fully saturated rings. The first-order valence-corrected chi connectivity index (χ1v) is 4.93. The number of nitrogens with one attached hydrogen (secondary N) is 1. The third-order valence-corrected chi connectivity index (χ3v) is 2.78. The van der Waals surface area contributed by atoms with Crippen LogP contribution in [0.4, 0.5) is 13.2 Å². The molecular weight excluding hydrogens is 227 g/mol. The van der Waals surface area contributed by atoms with Crippen LogP contribution < -0.4 is 5.32 Å². The van der Waals surface area contributed by atoms with E-state index in [2.05, 4.69) is 0 Å². The second kappa shape index (κ2) is 4.58. The number of alkyl halides is 3. The molecule has 0 spiro atoms. The maximum absolute atomic E-state index is 12.0. The molecule has 0 aromatic heterocycles. The van der Waals surface area contributed by atoms with Gasteiger partial charge < -0.3 is 15.2 Å². The molecule has 0 aromatic carbocycles. The minimum atomic E-state index is -4.90. The third-order valence-electron chi connectivity index (χ3n) is 2.78. The van der Waals surface area contributed by atoms with Crippen molar-refractivity contribution in [2.24, 2.45) is 5.92 Å². The van der Waals surface area contributed by atoms with Crippen molar-refractivity contribution in [2.45, 2.75) is 44.9 Å². The third kappa shape index (κ3) is 3.08. The Labute approximate surface area is 90.8 Å². The molecular formula is C9H14F3NO3. The Morgan fingerprint density at radius 2 is 2.00 bits per heavy atom. The Bertz CT molecular complexity index is 269. The van der Waals surface area contributed by atoms with Crippen LogP contribution in [0.15, 0.2) is 0 Å². The summed E-state index contributed by atoms with van der Waals surface area (Å²) in [5, 5.41) is 11.1. The molecule has 94 valence electrons. The van der Waals surface area contributed by atoms with E-state index in [1.807, 2.05) is 5.32 Å². The van der Waals surface area contributed by atoms with Crippen molar-refractivity contribution in [3.05, 3.63) is 0 Å². The van der Waals surface area contributed by atoms with E-state index in [4.69, 9.17) is 4.74 Å². The van der Waals surface area contributed by atoms with Gasteiger partial charge in [0.15, 0.2) is 6.29 Å². The van der Waals surface area contributed by atoms with Crippen molar-refractivity contribution >= 4 is 5.91 Å². The van der Waals surface area contributed by atoms with E-state index in [1.165, 1.54) is 0 Å². The fourth-order valence-electron chi connectivity index (χ4n) is 1.63. The van der Waals surface area contributed by atoms with Gasteiger partial charge in [-0.25, -0.2) is 0 Å². The van der Waals surface area contributed by atoms with E-state index in [0.717, 1.165) is 0 Å². The second-order valence-electron chi connectivity index (χ2n) is 3.97. The fourth-order valence-corrected chi connectivity index (χ4v) is 1.63. The lowest BCUT2D eigenvalue weighted by molar-refractivity contribution is -0.192. The standard InChI is InChI=1S/C9H14F3NO3/c1-4-5(2)16-7(14)3-6(4)13-8(15)9(10,11)12/h4-7,14H,3H2,1-2H3,(H,13,15)/t4-,5-,6-,7+/m0/s1. The molecule has 0 bridgehead atoms. The summed E-state index contributed by atoms with van der Waals surface area (Å²) >= 11 is 0. The van der Waals surface area contributed by atoms with Crippen molar-refractivity contribution in [3.8, 4) is 0 Å². The Balaban J connectivity index is 2.62. The Morgan fingerprint density at radius 1 is 1.44 bits per heavy atom. The molecule has 4 atom stereocenters. The lowest BCUT2D eigenvalue weighted by atomic mass is 9.91. The van der Waals surface area contributed by atoms with Gasteiger partial charge in [0.25, 0.3) is 0 Å². The van der Waals surface area contributed by atoms with Gasteiger partial charge in [0, 0.05) is 18.4 Å². The molecule has 1 aliphatic heterocycles. The van der Waals surface area contributed by atoms with Crippen LogP contribution in [0.3, 0.4) is 0 Å². The van der Waals surface area contributed by atoms with Crippen LogP contribution >= 0.6 is 0 Å². The van der Waals surface area contributed by atoms with Crippen LogP contribution in [-0.4, -0.2) is 35.6 Å². The summed E-state index contributed by atoms with van der Waals surface area (Å²) in [6.45, 7) is 3.30. The lowest BCUT2D eigenvalue weighted by Crippen LogP contribution is -2.53. The van der Waals surface area contributed by atoms with Gasteiger partial charge in [-0.15, -0.1) is 0 Å². The number of aliphatic hydroxyl groups is 1. The molecule has 0 aliphatic carbocycles. The highest BCUT2D eigenvalue weighted by atomic mass is 19.4. The predicted molar refractivity (Wildman–Crippen MR) is 48.3 cm³/mol. The van der Waals surface area contributed by atoms with Gasteiger partial charge in [-0.1, -0.05) is 6.92 Å². The van der Waals surface area contributed by atoms with Gasteiger partial charge in [-0.2, -0.15) is 13.2 Å². The summed E-state index contributed by atoms with van der Waals surface area (Å²) in [6.07, 6.45) is -6.47. The molecule has 7 heteroatoms. The number of hydrogen-bond acceptors (Lipinski definition) is 3. The van der Waals surface area contributed by atoms with E-state index in [-0.39, 0.29) is 12.3 Å². The van der Waals surface area contributed by atoms with E-state index in [1.54, 1.807) is 13.8 Å². The molecule has 1 heterocycles. The van der Waals surface area contributed by atoms with E-state index < -0.39 is 30.5 Å². The largest absolute Gasteiger partial charge is 0.471 e. The van der Waals surface area contributed by atoms with Gasteiger partial charge >= 0.3 is 12.1 Å². The normalized spacial score (nSPS) is 35.9. The number of rotatable bonds is 1. The highest BCUT2D eigenvalue weighted by Crippen LogP contribution is 2.25. The molecule has 1 aliphatic rings. The number of halogens is 3. The van der Waals surface area contributed by atoms with Crippen molar-refractivity contribution < 1.29 is 27.8 Å². The number of carbonyl (C=O) groups is 1. The van der Waals surface area contributed by atoms with Crippen LogP contribution in [0.25, 0.3) is 0 Å². The van der Waals surface area contributed by atoms with E-state index >= 15 is 0 Å². The van der Waals surface area contributed by atoms with Gasteiger partial charge in [0.2, 0.25) is 0 Å². The van der Waals surface area contributed by atoms with Gasteiger partial charge in [-0.3, -0.25) is 4.79 Å². The number of aliphatic hydroxyl groups excluding tert-OH is 1. The Hall–Kier alpha value is -0.820. The first kappa shape index (κ1) is 13.2. The molecule has 0 saturated carbocycles. The molecule has 4 nitrogen and oxygen atoms in total. The maximum atomic E-state index is 12.0. The Morgan fingerprint density at radius 3 is 2.50 bits per heavy atom. The van der Waals surface area contributed by atoms with Gasteiger partial charge in [0.05, 0.1) is 6.10 Å². The number of carbonyl (C=O) groups excluding carboxylic acids is 1. The van der Waals surface area contributed by atoms with E-state index in [0.29, 0.717) is 0 Å². The van der Waals surface area contributed by atoms with Gasteiger partial charge in [-0.05, 0) is 6.92 Å². The average Bonchev–Trinajstić information content (AvgIpc) is 2.11. The number of hydrogen-bond donors (Lipinski definition) is 2. The van der Waals surface area contributed by atoms with Crippen LogP contribution in [0, 0.1) is 5.92 Å². The summed E-state index contributed by atoms with van der Waals surface area (Å²) in [7, 11) is 0. The summed E-state index contributed by atoms with van der Waals surface area (Å²) in [6, 6.07) is -0.729. The fraction of sp³-hybridized carbons (Fsp3) is 0.889. The maximum Gasteiger partial charge on any atom is 0.471 e. The first-order valence-electron chi connectivity index (χ1n) is 4.93. The molecule has 0 aromatic rings. The van der Waals surface area contributed by atoms with Crippen LogP contribution in [-0.2, 0) is 9.53 Å². The molecule has 1 rings (SSSR count). The summed E-state index contributed by atoms with van der Waals surface area (Å²) in [5.41, 5.74) is 0. The highest BCUT2D eigenvalue weighted by Gasteiger charge is 2.42. The molecule has 16 heavy (non-hydrogen) atoms. The van der Waals surface area contributed by atoms with E-state index in [9.17, 15) is 23.1 Å². The average molecular weight is 241 g/mol. The first-order chi connectivity index (χ1) is 7.21. The second-order valence-corrected chi connectivity index (χ2v) is 3.97. The zero-order valence-electron chi connectivity index (χ0n) is 8.91. The minimum absolute atomic E-state index is 0.0344. The number of amides is 1. The summed E-state index contributed by atoms with van der Waals surface area (Å²) in [4.78, 5) is 10.7. The highest BCUT2D eigenvalue weighted by molar-refractivity contribution is 5.81. The monoisotopic (exact) mass is 241 g/mol. The minimum Gasteiger partial charge on any atom is -0.368 e. The molecule has 0 radical (unpaired) electrons. The molecule has 1 amide bonds. The topological polar surface area (TPSA) is 58.6 Å². The van der Waals surface area contributed by atoms with Crippen molar-refractivity contribution in [2.75, 3.05) is 0 Å². The smallest absolute Gasteiger partial charge is 0.368 e. The Kier molecular flexibility index (Phi) is 3.80. The van der Waals surface area contributed by atoms with Crippen LogP contribution in [0.5, 0.6) is 0 Å². The zero-order valence-corrected chi connectivity index (χ0v) is 8.91. The molecule has 2 N–H and O–H groups in total. The molecule has 1 saturated heterocycles. The SMILES string of the molecule is C[C@@H]1[C@@H](NC(=O)C(F)(F)F)C[C@H](O)O[C@H]1C. The number of ether oxygens (including phenoxy) is 1. The quantitative estimate of drug-likeness (QED) is 0.713. The zero-order chi connectivity index (χ0) is 12.5. The lowest BCUT2D eigenvalue weighted by Gasteiger charge is -2.37. The van der Waals surface area contributed by atoms with Crippen LogP contribution in [0.1, 0.15) is 20.3 Å². The summed E-state index contributed by atoms with van der Waals surface area (Å²) < 4.78 is 41.1.